The molecule has 0 heterocycles. The molecule has 86 valence electrons. The van der Waals surface area contributed by atoms with Crippen molar-refractivity contribution in [1.82, 2.24) is 0 Å². The Kier molecular flexibility index (Phi) is 3.29. The van der Waals surface area contributed by atoms with Gasteiger partial charge in [-0.2, -0.15) is 0 Å². The second-order valence-corrected chi connectivity index (χ2v) is 4.04. The van der Waals surface area contributed by atoms with Gasteiger partial charge in [0.25, 0.3) is 0 Å². The summed E-state index contributed by atoms with van der Waals surface area (Å²) in [5.74, 6) is 1.67. The van der Waals surface area contributed by atoms with Gasteiger partial charge in [0, 0.05) is 0 Å². The molecule has 17 heavy (non-hydrogen) atoms. The number of ether oxygens (including phenoxy) is 1. The first-order chi connectivity index (χ1) is 8.20. The van der Waals surface area contributed by atoms with Crippen molar-refractivity contribution in [3.8, 4) is 5.75 Å². The molecule has 0 spiro atoms. The normalized spacial score (nSPS) is 11.5. The lowest BCUT2D eigenvalue weighted by molar-refractivity contribution is 0.436. The molecule has 0 aliphatic carbocycles. The number of benzene rings is 2. The Morgan fingerprint density at radius 2 is 1.82 bits per heavy atom. The van der Waals surface area contributed by atoms with Gasteiger partial charge in [0.15, 0.2) is 0 Å². The molecule has 0 amide bonds. The monoisotopic (exact) mass is 224 g/mol. The summed E-state index contributed by atoms with van der Waals surface area (Å²) in [6.07, 6.45) is 1.93. The van der Waals surface area contributed by atoms with Gasteiger partial charge in [0.2, 0.25) is 0 Å². The molecule has 1 nitrogen and oxygen atoms in total. The van der Waals surface area contributed by atoms with Crippen molar-refractivity contribution >= 4 is 10.8 Å². The molecular formula is C16H16O. The molecule has 2 aromatic carbocycles. The summed E-state index contributed by atoms with van der Waals surface area (Å²) in [6.45, 7) is 7.78. The number of allylic oxidation sites excluding steroid dienone is 2. The summed E-state index contributed by atoms with van der Waals surface area (Å²) in [6, 6.07) is 14.3. The highest BCUT2D eigenvalue weighted by molar-refractivity contribution is 5.83. The molecule has 0 unspecified atom stereocenters. The van der Waals surface area contributed by atoms with Crippen molar-refractivity contribution in [2.45, 2.75) is 13.8 Å². The molecule has 0 saturated heterocycles. The van der Waals surface area contributed by atoms with Gasteiger partial charge in [-0.05, 0) is 48.4 Å². The Hall–Kier alpha value is -2.02. The van der Waals surface area contributed by atoms with Gasteiger partial charge in [-0.3, -0.25) is 0 Å². The fourth-order valence-electron chi connectivity index (χ4n) is 1.75. The SMILES string of the molecule is C=C(C)/C(=C/C)Oc1ccc2ccccc2c1. The predicted octanol–water partition coefficient (Wildman–Crippen LogP) is 4.70. The minimum absolute atomic E-state index is 0.820. The molecule has 0 bridgehead atoms. The van der Waals surface area contributed by atoms with Crippen LogP contribution in [-0.2, 0) is 0 Å². The molecule has 0 aromatic heterocycles. The Morgan fingerprint density at radius 3 is 2.47 bits per heavy atom. The highest BCUT2D eigenvalue weighted by atomic mass is 16.5. The molecule has 0 aliphatic heterocycles. The zero-order chi connectivity index (χ0) is 12.3. The first kappa shape index (κ1) is 11.5. The third-order valence-electron chi connectivity index (χ3n) is 2.63. The first-order valence-corrected chi connectivity index (χ1v) is 5.69. The summed E-state index contributed by atoms with van der Waals surface area (Å²) >= 11 is 0. The van der Waals surface area contributed by atoms with E-state index in [0.717, 1.165) is 17.1 Å². The van der Waals surface area contributed by atoms with Gasteiger partial charge in [-0.15, -0.1) is 0 Å². The topological polar surface area (TPSA) is 9.23 Å². The van der Waals surface area contributed by atoms with Gasteiger partial charge < -0.3 is 4.74 Å². The standard InChI is InChI=1S/C16H16O/c1-4-16(12(2)3)17-15-10-9-13-7-5-6-8-14(13)11-15/h4-11H,2H2,1,3H3/b16-4-. The van der Waals surface area contributed by atoms with Crippen molar-refractivity contribution in [3.63, 3.8) is 0 Å². The Bertz CT molecular complexity index is 579. The van der Waals surface area contributed by atoms with E-state index in [2.05, 4.69) is 24.8 Å². The van der Waals surface area contributed by atoms with E-state index < -0.39 is 0 Å². The summed E-state index contributed by atoms with van der Waals surface area (Å²) in [7, 11) is 0. The quantitative estimate of drug-likeness (QED) is 0.542. The molecule has 0 radical (unpaired) electrons. The maximum Gasteiger partial charge on any atom is 0.128 e. The molecule has 2 aromatic rings. The van der Waals surface area contributed by atoms with Crippen LogP contribution in [-0.4, -0.2) is 0 Å². The lowest BCUT2D eigenvalue weighted by Crippen LogP contribution is -1.95. The minimum Gasteiger partial charge on any atom is -0.457 e. The van der Waals surface area contributed by atoms with E-state index in [9.17, 15) is 0 Å². The zero-order valence-corrected chi connectivity index (χ0v) is 10.2. The van der Waals surface area contributed by atoms with Crippen LogP contribution in [0.1, 0.15) is 13.8 Å². The Balaban J connectivity index is 2.34. The lowest BCUT2D eigenvalue weighted by atomic mass is 10.1. The van der Waals surface area contributed by atoms with E-state index in [4.69, 9.17) is 4.74 Å². The average molecular weight is 224 g/mol. The van der Waals surface area contributed by atoms with Crippen LogP contribution in [0.15, 0.2) is 66.5 Å². The Morgan fingerprint density at radius 1 is 1.12 bits per heavy atom. The zero-order valence-electron chi connectivity index (χ0n) is 10.2. The van der Waals surface area contributed by atoms with Gasteiger partial charge in [-0.25, -0.2) is 0 Å². The van der Waals surface area contributed by atoms with Gasteiger partial charge in [0.05, 0.1) is 0 Å². The molecule has 0 atom stereocenters. The van der Waals surface area contributed by atoms with Crippen molar-refractivity contribution in [2.75, 3.05) is 0 Å². The van der Waals surface area contributed by atoms with Gasteiger partial charge in [0.1, 0.15) is 11.5 Å². The van der Waals surface area contributed by atoms with Crippen LogP contribution in [0.2, 0.25) is 0 Å². The smallest absolute Gasteiger partial charge is 0.128 e. The van der Waals surface area contributed by atoms with Crippen LogP contribution in [0, 0.1) is 0 Å². The van der Waals surface area contributed by atoms with Crippen LogP contribution >= 0.6 is 0 Å². The van der Waals surface area contributed by atoms with E-state index in [1.165, 1.54) is 10.8 Å². The van der Waals surface area contributed by atoms with E-state index in [1.807, 2.05) is 44.2 Å². The van der Waals surface area contributed by atoms with Gasteiger partial charge >= 0.3 is 0 Å². The molecule has 0 N–H and O–H groups in total. The number of rotatable bonds is 3. The highest BCUT2D eigenvalue weighted by Gasteiger charge is 2.01. The van der Waals surface area contributed by atoms with Crippen LogP contribution in [0.25, 0.3) is 10.8 Å². The summed E-state index contributed by atoms with van der Waals surface area (Å²) < 4.78 is 5.79. The maximum atomic E-state index is 5.79. The second kappa shape index (κ2) is 4.88. The number of hydrogen-bond donors (Lipinski definition) is 0. The van der Waals surface area contributed by atoms with Crippen molar-refractivity contribution in [2.24, 2.45) is 0 Å². The number of hydrogen-bond acceptors (Lipinski definition) is 1. The predicted molar refractivity (Wildman–Crippen MR) is 73.1 cm³/mol. The molecule has 0 aliphatic rings. The molecule has 2 rings (SSSR count). The number of fused-ring (bicyclic) bond motifs is 1. The lowest BCUT2D eigenvalue weighted by Gasteiger charge is -2.10. The van der Waals surface area contributed by atoms with E-state index in [0.29, 0.717) is 0 Å². The van der Waals surface area contributed by atoms with Crippen molar-refractivity contribution < 1.29 is 4.74 Å². The van der Waals surface area contributed by atoms with Crippen LogP contribution in [0.5, 0.6) is 5.75 Å². The van der Waals surface area contributed by atoms with Gasteiger partial charge in [-0.1, -0.05) is 36.9 Å². The second-order valence-electron chi connectivity index (χ2n) is 4.04. The summed E-state index contributed by atoms with van der Waals surface area (Å²) in [4.78, 5) is 0. The Labute approximate surface area is 102 Å². The fourth-order valence-corrected chi connectivity index (χ4v) is 1.75. The van der Waals surface area contributed by atoms with Crippen LogP contribution in [0.4, 0.5) is 0 Å². The summed E-state index contributed by atoms with van der Waals surface area (Å²) in [5, 5.41) is 2.40. The molecule has 0 saturated carbocycles. The molecular weight excluding hydrogens is 208 g/mol. The van der Waals surface area contributed by atoms with Crippen molar-refractivity contribution in [3.05, 3.63) is 66.5 Å². The third kappa shape index (κ3) is 2.56. The maximum absolute atomic E-state index is 5.79. The minimum atomic E-state index is 0.820. The van der Waals surface area contributed by atoms with E-state index in [1.54, 1.807) is 0 Å². The van der Waals surface area contributed by atoms with Crippen molar-refractivity contribution in [1.29, 1.82) is 0 Å². The van der Waals surface area contributed by atoms with E-state index >= 15 is 0 Å². The first-order valence-electron chi connectivity index (χ1n) is 5.69. The largest absolute Gasteiger partial charge is 0.457 e. The van der Waals surface area contributed by atoms with Crippen LogP contribution < -0.4 is 4.74 Å². The molecule has 1 heteroatoms. The summed E-state index contributed by atoms with van der Waals surface area (Å²) in [5.41, 5.74) is 0.931. The fraction of sp³-hybridized carbons (Fsp3) is 0.125. The molecule has 0 fully saturated rings. The van der Waals surface area contributed by atoms with E-state index in [-0.39, 0.29) is 0 Å². The highest BCUT2D eigenvalue weighted by Crippen LogP contribution is 2.23. The average Bonchev–Trinajstić information content (AvgIpc) is 2.35. The third-order valence-corrected chi connectivity index (χ3v) is 2.63. The van der Waals surface area contributed by atoms with Crippen LogP contribution in [0.3, 0.4) is 0 Å².